The number of morpholine rings is 1. The molecule has 1 saturated heterocycles. The first-order valence-corrected chi connectivity index (χ1v) is 9.14. The summed E-state index contributed by atoms with van der Waals surface area (Å²) in [7, 11) is 1.88. The Morgan fingerprint density at radius 3 is 3.00 bits per heavy atom. The van der Waals surface area contributed by atoms with Crippen LogP contribution in [-0.4, -0.2) is 53.4 Å². The van der Waals surface area contributed by atoms with Crippen LogP contribution in [0.5, 0.6) is 0 Å². The minimum absolute atomic E-state index is 0.0723. The Kier molecular flexibility index (Phi) is 6.39. The predicted molar refractivity (Wildman–Crippen MR) is 99.5 cm³/mol. The lowest BCUT2D eigenvalue weighted by Crippen LogP contribution is -2.48. The molecule has 146 valence electrons. The number of aryl methyl sites for hydroxylation is 1. The molecular formula is C19H25F2N5O. The second-order valence-electron chi connectivity index (χ2n) is 6.45. The molecule has 0 spiro atoms. The highest BCUT2D eigenvalue weighted by Crippen LogP contribution is 2.21. The topological polar surface area (TPSA) is 54.7 Å². The minimum Gasteiger partial charge on any atom is -0.370 e. The van der Waals surface area contributed by atoms with Gasteiger partial charge in [-0.05, 0) is 25.0 Å². The number of aliphatic imine (C=N–C) groups is 1. The molecule has 27 heavy (non-hydrogen) atoms. The third-order valence-corrected chi connectivity index (χ3v) is 4.47. The fourth-order valence-corrected chi connectivity index (χ4v) is 3.10. The van der Waals surface area contributed by atoms with Crippen LogP contribution in [0.4, 0.5) is 8.78 Å². The van der Waals surface area contributed by atoms with E-state index in [1.165, 1.54) is 6.07 Å². The maximum Gasteiger partial charge on any atom is 0.194 e. The summed E-state index contributed by atoms with van der Waals surface area (Å²) in [6, 6.07) is 4.23. The molecule has 1 aromatic heterocycles. The largest absolute Gasteiger partial charge is 0.370 e. The van der Waals surface area contributed by atoms with E-state index in [1.807, 2.05) is 26.4 Å². The maximum atomic E-state index is 13.8. The Bertz CT molecular complexity index is 792. The van der Waals surface area contributed by atoms with Gasteiger partial charge in [0.25, 0.3) is 0 Å². The van der Waals surface area contributed by atoms with E-state index in [4.69, 9.17) is 4.74 Å². The van der Waals surface area contributed by atoms with Crippen molar-refractivity contribution in [3.63, 3.8) is 0 Å². The summed E-state index contributed by atoms with van der Waals surface area (Å²) in [5.41, 5.74) is 1.37. The van der Waals surface area contributed by atoms with Gasteiger partial charge in [-0.1, -0.05) is 12.1 Å². The van der Waals surface area contributed by atoms with E-state index in [0.717, 1.165) is 30.7 Å². The second-order valence-corrected chi connectivity index (χ2v) is 6.45. The number of rotatable bonds is 5. The molecule has 2 heterocycles. The molecule has 1 aliphatic rings. The van der Waals surface area contributed by atoms with Crippen LogP contribution in [0.1, 0.15) is 24.2 Å². The van der Waals surface area contributed by atoms with E-state index in [1.54, 1.807) is 10.7 Å². The number of hydrogen-bond donors (Lipinski definition) is 1. The Labute approximate surface area is 157 Å². The summed E-state index contributed by atoms with van der Waals surface area (Å²) in [4.78, 5) is 6.73. The zero-order chi connectivity index (χ0) is 19.2. The van der Waals surface area contributed by atoms with Gasteiger partial charge in [0.05, 0.1) is 19.3 Å². The molecule has 1 N–H and O–H groups in total. The Morgan fingerprint density at radius 1 is 1.41 bits per heavy atom. The van der Waals surface area contributed by atoms with E-state index >= 15 is 0 Å². The van der Waals surface area contributed by atoms with Crippen LogP contribution in [-0.2, 0) is 18.2 Å². The highest BCUT2D eigenvalue weighted by Gasteiger charge is 2.25. The minimum atomic E-state index is -0.823. The average Bonchev–Trinajstić information content (AvgIpc) is 3.11. The SMILES string of the molecule is CCNC(=NCCc1cccc(F)c1F)N1CCOC(c2cnn(C)c2)C1. The number of aromatic nitrogens is 2. The maximum absolute atomic E-state index is 13.8. The van der Waals surface area contributed by atoms with Crippen molar-refractivity contribution < 1.29 is 13.5 Å². The van der Waals surface area contributed by atoms with Gasteiger partial charge in [0.15, 0.2) is 17.6 Å². The summed E-state index contributed by atoms with van der Waals surface area (Å²) in [5.74, 6) is -0.858. The molecular weight excluding hydrogens is 352 g/mol. The fraction of sp³-hybridized carbons (Fsp3) is 0.474. The van der Waals surface area contributed by atoms with Crippen LogP contribution in [0.2, 0.25) is 0 Å². The molecule has 0 saturated carbocycles. The molecule has 0 radical (unpaired) electrons. The van der Waals surface area contributed by atoms with Crippen LogP contribution in [0.25, 0.3) is 0 Å². The van der Waals surface area contributed by atoms with Gasteiger partial charge in [-0.15, -0.1) is 0 Å². The molecule has 3 rings (SSSR count). The first-order valence-electron chi connectivity index (χ1n) is 9.14. The third-order valence-electron chi connectivity index (χ3n) is 4.47. The van der Waals surface area contributed by atoms with Gasteiger partial charge in [-0.3, -0.25) is 9.67 Å². The van der Waals surface area contributed by atoms with Gasteiger partial charge >= 0.3 is 0 Å². The smallest absolute Gasteiger partial charge is 0.194 e. The summed E-state index contributed by atoms with van der Waals surface area (Å²) < 4.78 is 34.8. The summed E-state index contributed by atoms with van der Waals surface area (Å²) in [6.07, 6.45) is 4.03. The zero-order valence-corrected chi connectivity index (χ0v) is 15.7. The molecule has 1 unspecified atom stereocenters. The van der Waals surface area contributed by atoms with Gasteiger partial charge in [-0.25, -0.2) is 8.78 Å². The Hall–Kier alpha value is -2.48. The van der Waals surface area contributed by atoms with Gasteiger partial charge in [-0.2, -0.15) is 5.10 Å². The summed E-state index contributed by atoms with van der Waals surface area (Å²) >= 11 is 0. The van der Waals surface area contributed by atoms with Crippen LogP contribution in [0.3, 0.4) is 0 Å². The van der Waals surface area contributed by atoms with Gasteiger partial charge in [0.1, 0.15) is 6.10 Å². The Balaban J connectivity index is 1.66. The van der Waals surface area contributed by atoms with Crippen molar-refractivity contribution >= 4 is 5.96 Å². The van der Waals surface area contributed by atoms with Crippen molar-refractivity contribution in [1.82, 2.24) is 20.0 Å². The highest BCUT2D eigenvalue weighted by molar-refractivity contribution is 5.80. The molecule has 1 aliphatic heterocycles. The second kappa shape index (κ2) is 8.94. The Morgan fingerprint density at radius 2 is 2.26 bits per heavy atom. The van der Waals surface area contributed by atoms with E-state index in [-0.39, 0.29) is 6.10 Å². The lowest BCUT2D eigenvalue weighted by Gasteiger charge is -2.34. The van der Waals surface area contributed by atoms with E-state index < -0.39 is 11.6 Å². The number of guanidine groups is 1. The summed E-state index contributed by atoms with van der Waals surface area (Å²) in [6.45, 7) is 5.06. The quantitative estimate of drug-likeness (QED) is 0.642. The van der Waals surface area contributed by atoms with Crippen molar-refractivity contribution in [2.24, 2.45) is 12.0 Å². The molecule has 6 nitrogen and oxygen atoms in total. The molecule has 1 atom stereocenters. The van der Waals surface area contributed by atoms with Crippen LogP contribution < -0.4 is 5.32 Å². The predicted octanol–water partition coefficient (Wildman–Crippen LogP) is 2.28. The van der Waals surface area contributed by atoms with Crippen molar-refractivity contribution in [1.29, 1.82) is 0 Å². The first-order chi connectivity index (χ1) is 13.1. The number of hydrogen-bond acceptors (Lipinski definition) is 3. The molecule has 1 fully saturated rings. The van der Waals surface area contributed by atoms with Crippen molar-refractivity contribution in [2.45, 2.75) is 19.4 Å². The van der Waals surface area contributed by atoms with Crippen molar-refractivity contribution in [3.05, 3.63) is 53.4 Å². The molecule has 0 amide bonds. The van der Waals surface area contributed by atoms with E-state index in [2.05, 4.69) is 20.3 Å². The van der Waals surface area contributed by atoms with Crippen molar-refractivity contribution in [3.8, 4) is 0 Å². The molecule has 0 bridgehead atoms. The molecule has 2 aromatic rings. The lowest BCUT2D eigenvalue weighted by molar-refractivity contribution is -0.00803. The molecule has 1 aromatic carbocycles. The first kappa shape index (κ1) is 19.3. The lowest BCUT2D eigenvalue weighted by atomic mass is 10.1. The number of nitrogens with zero attached hydrogens (tertiary/aromatic N) is 4. The number of nitrogens with one attached hydrogen (secondary N) is 1. The number of halogens is 2. The third kappa shape index (κ3) is 4.82. The monoisotopic (exact) mass is 377 g/mol. The standard InChI is InChI=1S/C19H25F2N5O/c1-3-22-19(23-8-7-14-5-4-6-16(20)18(14)21)26-9-10-27-17(13-26)15-11-24-25(2)12-15/h4-6,11-12,17H,3,7-10,13H2,1-2H3,(H,22,23). The van der Waals surface area contributed by atoms with Crippen LogP contribution in [0, 0.1) is 11.6 Å². The van der Waals surface area contributed by atoms with Crippen LogP contribution in [0.15, 0.2) is 35.6 Å². The fourth-order valence-electron chi connectivity index (χ4n) is 3.10. The van der Waals surface area contributed by atoms with Crippen LogP contribution >= 0.6 is 0 Å². The van der Waals surface area contributed by atoms with Gasteiger partial charge in [0.2, 0.25) is 0 Å². The average molecular weight is 377 g/mol. The summed E-state index contributed by atoms with van der Waals surface area (Å²) in [5, 5.41) is 7.48. The van der Waals surface area contributed by atoms with E-state index in [0.29, 0.717) is 31.7 Å². The number of ether oxygens (including phenoxy) is 1. The van der Waals surface area contributed by atoms with Gasteiger partial charge in [0, 0.05) is 38.4 Å². The van der Waals surface area contributed by atoms with Gasteiger partial charge < -0.3 is 15.0 Å². The van der Waals surface area contributed by atoms with E-state index in [9.17, 15) is 8.78 Å². The highest BCUT2D eigenvalue weighted by atomic mass is 19.2. The van der Waals surface area contributed by atoms with Crippen molar-refractivity contribution in [2.75, 3.05) is 32.8 Å². The normalized spacial score (nSPS) is 18.0. The molecule has 8 heteroatoms. The zero-order valence-electron chi connectivity index (χ0n) is 15.7. The molecule has 0 aliphatic carbocycles. The number of benzene rings is 1.